The topological polar surface area (TPSA) is 41.5 Å². The van der Waals surface area contributed by atoms with Crippen molar-refractivity contribution < 1.29 is 9.84 Å². The van der Waals surface area contributed by atoms with Crippen molar-refractivity contribution in [2.45, 2.75) is 50.3 Å². The second-order valence-corrected chi connectivity index (χ2v) is 5.38. The second kappa shape index (κ2) is 4.04. The molecular weight excluding hydrogens is 190 g/mol. The van der Waals surface area contributed by atoms with Crippen molar-refractivity contribution in [1.82, 2.24) is 5.32 Å². The molecule has 2 N–H and O–H groups in total. The van der Waals surface area contributed by atoms with Crippen LogP contribution in [0.3, 0.4) is 0 Å². The first kappa shape index (κ1) is 10.1. The summed E-state index contributed by atoms with van der Waals surface area (Å²) in [6.07, 6.45) is 5.73. The lowest BCUT2D eigenvalue weighted by atomic mass is 9.75. The fourth-order valence-electron chi connectivity index (χ4n) is 3.80. The summed E-state index contributed by atoms with van der Waals surface area (Å²) in [5, 5.41) is 13.9. The number of aliphatic hydroxyl groups excluding tert-OH is 1. The molecule has 3 aliphatic heterocycles. The first-order valence-electron chi connectivity index (χ1n) is 6.36. The third kappa shape index (κ3) is 1.81. The van der Waals surface area contributed by atoms with Crippen molar-refractivity contribution in [3.8, 4) is 0 Å². The molecule has 0 spiro atoms. The predicted molar refractivity (Wildman–Crippen MR) is 57.6 cm³/mol. The van der Waals surface area contributed by atoms with Crippen LogP contribution in [0.2, 0.25) is 0 Å². The quantitative estimate of drug-likeness (QED) is 0.677. The molecule has 0 radical (unpaired) electrons. The largest absolute Gasteiger partial charge is 0.393 e. The average Bonchev–Trinajstić information content (AvgIpc) is 2.62. The number of rotatable bonds is 1. The van der Waals surface area contributed by atoms with E-state index in [0.29, 0.717) is 23.9 Å². The van der Waals surface area contributed by atoms with Crippen LogP contribution < -0.4 is 5.32 Å². The van der Waals surface area contributed by atoms with E-state index >= 15 is 0 Å². The molecule has 86 valence electrons. The molecule has 0 aromatic heterocycles. The summed E-state index contributed by atoms with van der Waals surface area (Å²) in [6, 6.07) is 1.18. The van der Waals surface area contributed by atoms with Gasteiger partial charge in [0.1, 0.15) is 0 Å². The van der Waals surface area contributed by atoms with Crippen molar-refractivity contribution in [3.05, 3.63) is 0 Å². The maximum atomic E-state index is 10.2. The highest BCUT2D eigenvalue weighted by Gasteiger charge is 2.44. The second-order valence-electron chi connectivity index (χ2n) is 5.38. The normalized spacial score (nSPS) is 47.0. The van der Waals surface area contributed by atoms with Crippen molar-refractivity contribution in [2.24, 2.45) is 11.8 Å². The minimum Gasteiger partial charge on any atom is -0.393 e. The molecule has 3 heteroatoms. The van der Waals surface area contributed by atoms with Gasteiger partial charge < -0.3 is 15.2 Å². The molecule has 0 aliphatic carbocycles. The van der Waals surface area contributed by atoms with Gasteiger partial charge in [-0.25, -0.2) is 0 Å². The maximum Gasteiger partial charge on any atom is 0.0600 e. The Morgan fingerprint density at radius 3 is 2.67 bits per heavy atom. The van der Waals surface area contributed by atoms with Gasteiger partial charge in [-0.3, -0.25) is 0 Å². The van der Waals surface area contributed by atoms with Gasteiger partial charge in [-0.15, -0.1) is 0 Å². The summed E-state index contributed by atoms with van der Waals surface area (Å²) in [5.41, 5.74) is 0. The standard InChI is InChI=1S/C12H21NO2/c14-11-7-9-1-2-10(13-9)12(11)8-3-5-15-6-4-8/h8-14H,1-7H2. The van der Waals surface area contributed by atoms with Crippen molar-refractivity contribution >= 4 is 0 Å². The molecule has 3 fully saturated rings. The molecule has 2 bridgehead atoms. The molecule has 4 atom stereocenters. The lowest BCUT2D eigenvalue weighted by Crippen LogP contribution is -2.51. The van der Waals surface area contributed by atoms with Crippen LogP contribution in [0.4, 0.5) is 0 Å². The number of fused-ring (bicyclic) bond motifs is 2. The third-order valence-corrected chi connectivity index (χ3v) is 4.52. The van der Waals surface area contributed by atoms with E-state index in [1.54, 1.807) is 0 Å². The Kier molecular flexibility index (Phi) is 2.71. The van der Waals surface area contributed by atoms with Crippen LogP contribution >= 0.6 is 0 Å². The molecule has 0 aromatic rings. The molecule has 3 rings (SSSR count). The summed E-state index contributed by atoms with van der Waals surface area (Å²) in [5.74, 6) is 1.18. The molecule has 3 nitrogen and oxygen atoms in total. The zero-order valence-electron chi connectivity index (χ0n) is 9.19. The van der Waals surface area contributed by atoms with E-state index in [9.17, 15) is 5.11 Å². The molecule has 3 saturated heterocycles. The zero-order valence-corrected chi connectivity index (χ0v) is 9.19. The van der Waals surface area contributed by atoms with E-state index in [4.69, 9.17) is 4.74 Å². The number of nitrogens with one attached hydrogen (secondary N) is 1. The van der Waals surface area contributed by atoms with Gasteiger partial charge >= 0.3 is 0 Å². The third-order valence-electron chi connectivity index (χ3n) is 4.52. The number of piperidine rings is 1. The highest BCUT2D eigenvalue weighted by molar-refractivity contribution is 5.00. The van der Waals surface area contributed by atoms with E-state index in [-0.39, 0.29) is 6.10 Å². The van der Waals surface area contributed by atoms with Gasteiger partial charge in [0.25, 0.3) is 0 Å². The maximum absolute atomic E-state index is 10.2. The Balaban J connectivity index is 1.71. The molecule has 15 heavy (non-hydrogen) atoms. The number of ether oxygens (including phenoxy) is 1. The molecule has 0 amide bonds. The Bertz CT molecular complexity index is 228. The van der Waals surface area contributed by atoms with Gasteiger partial charge in [0, 0.05) is 31.2 Å². The minimum absolute atomic E-state index is 0.0631. The molecule has 3 aliphatic rings. The minimum atomic E-state index is -0.0631. The fraction of sp³-hybridized carbons (Fsp3) is 1.00. The van der Waals surface area contributed by atoms with Crippen molar-refractivity contribution in [2.75, 3.05) is 13.2 Å². The molecule has 0 aromatic carbocycles. The Morgan fingerprint density at radius 1 is 1.07 bits per heavy atom. The first-order valence-corrected chi connectivity index (χ1v) is 6.36. The zero-order chi connectivity index (χ0) is 10.3. The van der Waals surface area contributed by atoms with Gasteiger partial charge in [-0.2, -0.15) is 0 Å². The summed E-state index contributed by atoms with van der Waals surface area (Å²) in [4.78, 5) is 0. The van der Waals surface area contributed by atoms with Gasteiger partial charge in [0.05, 0.1) is 6.10 Å². The predicted octanol–water partition coefficient (Wildman–Crippen LogP) is 0.914. The molecule has 0 saturated carbocycles. The van der Waals surface area contributed by atoms with Gasteiger partial charge in [0.2, 0.25) is 0 Å². The smallest absolute Gasteiger partial charge is 0.0600 e. The lowest BCUT2D eigenvalue weighted by Gasteiger charge is -2.41. The first-order chi connectivity index (χ1) is 7.34. The lowest BCUT2D eigenvalue weighted by molar-refractivity contribution is -0.0241. The van der Waals surface area contributed by atoms with Crippen LogP contribution in [-0.4, -0.2) is 36.5 Å². The summed E-state index contributed by atoms with van der Waals surface area (Å²) >= 11 is 0. The number of hydrogen-bond donors (Lipinski definition) is 2. The average molecular weight is 211 g/mol. The van der Waals surface area contributed by atoms with Crippen LogP contribution in [0.5, 0.6) is 0 Å². The van der Waals surface area contributed by atoms with Crippen LogP contribution in [0, 0.1) is 11.8 Å². The van der Waals surface area contributed by atoms with Gasteiger partial charge in [-0.1, -0.05) is 0 Å². The van der Waals surface area contributed by atoms with Crippen LogP contribution in [-0.2, 0) is 4.74 Å². The Labute approximate surface area is 91.2 Å². The highest BCUT2D eigenvalue weighted by atomic mass is 16.5. The molecule has 4 unspecified atom stereocenters. The summed E-state index contributed by atoms with van der Waals surface area (Å²) < 4.78 is 5.40. The number of hydrogen-bond acceptors (Lipinski definition) is 3. The Morgan fingerprint density at radius 2 is 1.87 bits per heavy atom. The molecular formula is C12H21NO2. The monoisotopic (exact) mass is 211 g/mol. The van der Waals surface area contributed by atoms with Gasteiger partial charge in [0.15, 0.2) is 0 Å². The van der Waals surface area contributed by atoms with E-state index in [2.05, 4.69) is 5.32 Å². The summed E-state index contributed by atoms with van der Waals surface area (Å²) in [6.45, 7) is 1.79. The van der Waals surface area contributed by atoms with E-state index in [1.165, 1.54) is 12.8 Å². The van der Waals surface area contributed by atoms with Crippen molar-refractivity contribution in [3.63, 3.8) is 0 Å². The van der Waals surface area contributed by atoms with Crippen LogP contribution in [0.25, 0.3) is 0 Å². The number of aliphatic hydroxyl groups is 1. The summed E-state index contributed by atoms with van der Waals surface area (Å²) in [7, 11) is 0. The fourth-order valence-corrected chi connectivity index (χ4v) is 3.80. The van der Waals surface area contributed by atoms with Crippen molar-refractivity contribution in [1.29, 1.82) is 0 Å². The van der Waals surface area contributed by atoms with Crippen LogP contribution in [0.15, 0.2) is 0 Å². The van der Waals surface area contributed by atoms with Crippen LogP contribution in [0.1, 0.15) is 32.1 Å². The van der Waals surface area contributed by atoms with Gasteiger partial charge in [-0.05, 0) is 38.0 Å². The molecule has 3 heterocycles. The van der Waals surface area contributed by atoms with E-state index < -0.39 is 0 Å². The van der Waals surface area contributed by atoms with E-state index in [0.717, 1.165) is 32.5 Å². The van der Waals surface area contributed by atoms with E-state index in [1.807, 2.05) is 0 Å². The SMILES string of the molecule is OC1CC2CCC(N2)C1C1CCOCC1. The highest BCUT2D eigenvalue weighted by Crippen LogP contribution is 2.39. The Hall–Kier alpha value is -0.120.